The highest BCUT2D eigenvalue weighted by molar-refractivity contribution is 5.87. The molecule has 0 aromatic heterocycles. The number of ether oxygens (including phenoxy) is 6. The van der Waals surface area contributed by atoms with Crippen LogP contribution in [0.2, 0.25) is 0 Å². The van der Waals surface area contributed by atoms with Crippen molar-refractivity contribution in [1.29, 1.82) is 0 Å². The van der Waals surface area contributed by atoms with E-state index in [1.807, 2.05) is 19.9 Å². The van der Waals surface area contributed by atoms with E-state index < -0.39 is 84.3 Å². The Labute approximate surface area is 303 Å². The first-order valence-corrected chi connectivity index (χ1v) is 16.9. The zero-order valence-corrected chi connectivity index (χ0v) is 31.1. The van der Waals surface area contributed by atoms with Crippen molar-refractivity contribution in [2.75, 3.05) is 6.61 Å². The second kappa shape index (κ2) is 17.9. The molecule has 0 amide bonds. The third-order valence-corrected chi connectivity index (χ3v) is 9.09. The first-order valence-electron chi connectivity index (χ1n) is 16.9. The molecule has 0 radical (unpaired) electrons. The van der Waals surface area contributed by atoms with Gasteiger partial charge in [-0.05, 0) is 60.1 Å². The van der Waals surface area contributed by atoms with Crippen LogP contribution in [0.4, 0.5) is 0 Å². The van der Waals surface area contributed by atoms with Gasteiger partial charge in [-0.1, -0.05) is 44.2 Å². The average molecular weight is 725 g/mol. The van der Waals surface area contributed by atoms with Crippen molar-refractivity contribution in [2.45, 2.75) is 106 Å². The van der Waals surface area contributed by atoms with Gasteiger partial charge in [0.15, 0.2) is 11.9 Å². The molecule has 1 N–H and O–H groups in total. The quantitative estimate of drug-likeness (QED) is 0.158. The van der Waals surface area contributed by atoms with Gasteiger partial charge in [0.25, 0.3) is 0 Å². The summed E-state index contributed by atoms with van der Waals surface area (Å²) in [5, 5.41) is 10.8. The Morgan fingerprint density at radius 1 is 0.731 bits per heavy atom. The zero-order chi connectivity index (χ0) is 38.9. The number of aliphatic hydroxyl groups is 1. The van der Waals surface area contributed by atoms with E-state index in [0.29, 0.717) is 16.7 Å². The minimum absolute atomic E-state index is 0.108. The fourth-order valence-electron chi connectivity index (χ4n) is 6.86. The number of hydrogen-bond donors (Lipinski definition) is 1. The van der Waals surface area contributed by atoms with Crippen LogP contribution in [0.25, 0.3) is 6.08 Å². The Balaban J connectivity index is 2.45. The molecule has 2 aliphatic rings. The van der Waals surface area contributed by atoms with Crippen LogP contribution in [-0.2, 0) is 57.2 Å². The molecule has 2 aliphatic carbocycles. The molecule has 0 fully saturated rings. The number of carbonyl (C=O) groups is 6. The first kappa shape index (κ1) is 41.4. The maximum absolute atomic E-state index is 13.3. The molecule has 0 saturated heterocycles. The van der Waals surface area contributed by atoms with E-state index in [2.05, 4.69) is 0 Å². The van der Waals surface area contributed by atoms with Gasteiger partial charge in [-0.25, -0.2) is 4.79 Å². The Morgan fingerprint density at radius 2 is 1.29 bits per heavy atom. The molecule has 1 aromatic rings. The molecule has 13 nitrogen and oxygen atoms in total. The van der Waals surface area contributed by atoms with E-state index >= 15 is 0 Å². The molecule has 0 unspecified atom stereocenters. The number of rotatable bonds is 9. The lowest BCUT2D eigenvalue weighted by Gasteiger charge is -2.48. The lowest BCUT2D eigenvalue weighted by molar-refractivity contribution is -0.156. The third kappa shape index (κ3) is 10.7. The number of hydrogen-bond acceptors (Lipinski definition) is 13. The summed E-state index contributed by atoms with van der Waals surface area (Å²) in [5.74, 6) is -5.29. The number of carbonyl (C=O) groups excluding carboxylic acids is 6. The highest BCUT2D eigenvalue weighted by atomic mass is 16.6. The molecule has 282 valence electrons. The average Bonchev–Trinajstić information content (AvgIpc) is 3.03. The molecule has 52 heavy (non-hydrogen) atoms. The Morgan fingerprint density at radius 3 is 1.81 bits per heavy atom. The maximum Gasteiger partial charge on any atom is 0.331 e. The van der Waals surface area contributed by atoms with E-state index in [1.165, 1.54) is 45.9 Å². The van der Waals surface area contributed by atoms with Gasteiger partial charge in [0.1, 0.15) is 24.4 Å². The highest BCUT2D eigenvalue weighted by Crippen LogP contribution is 2.52. The van der Waals surface area contributed by atoms with Gasteiger partial charge in [-0.3, -0.25) is 24.0 Å². The molecule has 13 heteroatoms. The predicted molar refractivity (Wildman–Crippen MR) is 186 cm³/mol. The summed E-state index contributed by atoms with van der Waals surface area (Å²) in [4.78, 5) is 76.5. The van der Waals surface area contributed by atoms with E-state index in [-0.39, 0.29) is 29.7 Å². The summed E-state index contributed by atoms with van der Waals surface area (Å²) in [5.41, 5.74) is 0.751. The van der Waals surface area contributed by atoms with E-state index in [1.54, 1.807) is 31.2 Å². The second-order valence-corrected chi connectivity index (χ2v) is 13.4. The van der Waals surface area contributed by atoms with Crippen LogP contribution in [0.15, 0.2) is 70.5 Å². The molecule has 6 atom stereocenters. The minimum atomic E-state index is -1.43. The van der Waals surface area contributed by atoms with Gasteiger partial charge in [0.05, 0.1) is 6.61 Å². The molecule has 0 aliphatic heterocycles. The van der Waals surface area contributed by atoms with Gasteiger partial charge in [-0.15, -0.1) is 0 Å². The van der Waals surface area contributed by atoms with Crippen molar-refractivity contribution >= 4 is 41.9 Å². The number of fused-ring (bicyclic) bond motifs is 2. The Bertz CT molecular complexity index is 1660. The van der Waals surface area contributed by atoms with Gasteiger partial charge in [0.2, 0.25) is 0 Å². The molecule has 2 bridgehead atoms. The standard InChI is InChI=1S/C39H48O13/c1-21-31(47-23(3)41)18-30-34(49-25(5)43)17-29(20-40)33(52-35(46)16-15-28-13-11-10-12-14-28)19-32(48-24(4)42)22(2)37(50-26(6)44)38(51-27(7)45)36(21)39(30,8)9/h10-17,30-34,38,40H,18-20H2,1-9H3/t30-,31-,32-,33-,34-,38+/m0/s1. The van der Waals surface area contributed by atoms with Crippen LogP contribution in [-0.4, -0.2) is 78.0 Å². The minimum Gasteiger partial charge on any atom is -0.458 e. The number of benzene rings is 1. The Hall–Kier alpha value is -5.04. The van der Waals surface area contributed by atoms with Crippen molar-refractivity contribution in [3.8, 4) is 0 Å². The lowest BCUT2D eigenvalue weighted by Crippen LogP contribution is -2.49. The maximum atomic E-state index is 13.3. The SMILES string of the molecule is CC(=O)OC1=C(C)[C@@H](OC(C)=O)C[C@H](OC(=O)C=Cc2ccccc2)C(CO)=C[C@H](OC(C)=O)[C@@H]2C[C@H](OC(C)=O)C(C)=C([C@H]1OC(C)=O)C2(C)C. The van der Waals surface area contributed by atoms with E-state index in [9.17, 15) is 33.9 Å². The van der Waals surface area contributed by atoms with Gasteiger partial charge in [0, 0.05) is 58.6 Å². The third-order valence-electron chi connectivity index (χ3n) is 9.09. The smallest absolute Gasteiger partial charge is 0.331 e. The summed E-state index contributed by atoms with van der Waals surface area (Å²) >= 11 is 0. The van der Waals surface area contributed by atoms with Crippen LogP contribution in [0.3, 0.4) is 0 Å². The molecule has 0 spiro atoms. The lowest BCUT2D eigenvalue weighted by atomic mass is 9.60. The first-order chi connectivity index (χ1) is 24.3. The van der Waals surface area contributed by atoms with Crippen molar-refractivity contribution < 1.29 is 62.3 Å². The van der Waals surface area contributed by atoms with Crippen molar-refractivity contribution in [1.82, 2.24) is 0 Å². The van der Waals surface area contributed by atoms with Crippen LogP contribution < -0.4 is 0 Å². The zero-order valence-electron chi connectivity index (χ0n) is 31.1. The van der Waals surface area contributed by atoms with Crippen LogP contribution in [0, 0.1) is 11.3 Å². The summed E-state index contributed by atoms with van der Waals surface area (Å²) in [6.07, 6.45) is -2.03. The van der Waals surface area contributed by atoms with Gasteiger partial charge >= 0.3 is 35.8 Å². The molecule has 0 heterocycles. The number of aliphatic hydroxyl groups excluding tert-OH is 1. The normalized spacial score (nSPS) is 24.8. The second-order valence-electron chi connectivity index (χ2n) is 13.4. The molecule has 1 aromatic carbocycles. The van der Waals surface area contributed by atoms with Gasteiger partial charge in [-0.2, -0.15) is 0 Å². The van der Waals surface area contributed by atoms with Crippen molar-refractivity contribution in [2.24, 2.45) is 11.3 Å². The van der Waals surface area contributed by atoms with E-state index in [0.717, 1.165) is 13.8 Å². The summed E-state index contributed by atoms with van der Waals surface area (Å²) in [7, 11) is 0. The van der Waals surface area contributed by atoms with Crippen LogP contribution >= 0.6 is 0 Å². The van der Waals surface area contributed by atoms with E-state index in [4.69, 9.17) is 28.4 Å². The molecule has 0 saturated carbocycles. The molecular weight excluding hydrogens is 676 g/mol. The van der Waals surface area contributed by atoms with Crippen molar-refractivity contribution in [3.05, 3.63) is 76.1 Å². The summed E-state index contributed by atoms with van der Waals surface area (Å²) < 4.78 is 35.0. The highest BCUT2D eigenvalue weighted by Gasteiger charge is 2.51. The topological polar surface area (TPSA) is 178 Å². The van der Waals surface area contributed by atoms with Crippen LogP contribution in [0.5, 0.6) is 0 Å². The van der Waals surface area contributed by atoms with Crippen LogP contribution in [0.1, 0.15) is 80.7 Å². The predicted octanol–water partition coefficient (Wildman–Crippen LogP) is 4.86. The fraction of sp³-hybridized carbons (Fsp3) is 0.487. The summed E-state index contributed by atoms with van der Waals surface area (Å²) in [6, 6.07) is 8.97. The largest absolute Gasteiger partial charge is 0.458 e. The van der Waals surface area contributed by atoms with Gasteiger partial charge < -0.3 is 33.5 Å². The molecule has 3 rings (SSSR count). The summed E-state index contributed by atoms with van der Waals surface area (Å²) in [6.45, 7) is 12.1. The Kier molecular flexibility index (Phi) is 14.3. The monoisotopic (exact) mass is 724 g/mol. The number of esters is 6. The van der Waals surface area contributed by atoms with Crippen molar-refractivity contribution in [3.63, 3.8) is 0 Å². The molecular formula is C39H48O13. The fourth-order valence-corrected chi connectivity index (χ4v) is 6.86.